The van der Waals surface area contributed by atoms with Gasteiger partial charge in [0.05, 0.1) is 0 Å². The first-order valence-electron chi connectivity index (χ1n) is 9.60. The Kier molecular flexibility index (Phi) is 3.44. The van der Waals surface area contributed by atoms with Crippen LogP contribution in [-0.4, -0.2) is 36.9 Å². The maximum absolute atomic E-state index is 13.4. The summed E-state index contributed by atoms with van der Waals surface area (Å²) in [6.07, 6.45) is 6.68. The lowest BCUT2D eigenvalue weighted by Gasteiger charge is -2.46. The Morgan fingerprint density at radius 1 is 1.33 bits per heavy atom. The Labute approximate surface area is 157 Å². The maximum atomic E-state index is 13.4. The zero-order valence-corrected chi connectivity index (χ0v) is 15.8. The molecular weight excluding hydrogens is 342 g/mol. The number of carbonyl (C=O) groups is 1. The van der Waals surface area contributed by atoms with Gasteiger partial charge in [0.25, 0.3) is 5.91 Å². The number of rotatable bonds is 3. The Bertz CT molecular complexity index is 1040. The van der Waals surface area contributed by atoms with Crippen LogP contribution in [0, 0.1) is 12.8 Å². The molecule has 0 bridgehead atoms. The summed E-state index contributed by atoms with van der Waals surface area (Å²) in [5.41, 5.74) is 1.92. The van der Waals surface area contributed by atoms with E-state index in [0.29, 0.717) is 29.9 Å². The SMILES string of the molecule is Cc1ccn2cc(C(=O)N3CC[C@@H]4CC[C@@]43c3nnc(C(C)C)o3)nc2c1. The van der Waals surface area contributed by atoms with Crippen molar-refractivity contribution in [3.05, 3.63) is 47.6 Å². The average Bonchev–Trinajstić information content (AvgIpc) is 3.30. The number of pyridine rings is 1. The number of hydrogen-bond donors (Lipinski definition) is 0. The summed E-state index contributed by atoms with van der Waals surface area (Å²) in [5, 5.41) is 8.55. The van der Waals surface area contributed by atoms with E-state index in [1.807, 2.05) is 54.6 Å². The van der Waals surface area contributed by atoms with Gasteiger partial charge in [-0.25, -0.2) is 4.98 Å². The van der Waals surface area contributed by atoms with Gasteiger partial charge in [0.2, 0.25) is 11.8 Å². The van der Waals surface area contributed by atoms with Crippen LogP contribution in [0.25, 0.3) is 5.65 Å². The summed E-state index contributed by atoms with van der Waals surface area (Å²) in [6.45, 7) is 6.79. The highest BCUT2D eigenvalue weighted by Crippen LogP contribution is 2.56. The molecule has 3 aromatic rings. The Hall–Kier alpha value is -2.70. The summed E-state index contributed by atoms with van der Waals surface area (Å²) in [7, 11) is 0. The molecule has 4 heterocycles. The molecule has 7 heteroatoms. The summed E-state index contributed by atoms with van der Waals surface area (Å²) >= 11 is 0. The van der Waals surface area contributed by atoms with Crippen molar-refractivity contribution in [3.63, 3.8) is 0 Å². The predicted octanol–water partition coefficient (Wildman–Crippen LogP) is 3.30. The number of hydrogen-bond acceptors (Lipinski definition) is 5. The topological polar surface area (TPSA) is 76.5 Å². The molecule has 0 aromatic carbocycles. The van der Waals surface area contributed by atoms with Crippen LogP contribution in [0.3, 0.4) is 0 Å². The highest BCUT2D eigenvalue weighted by atomic mass is 16.4. The molecule has 140 valence electrons. The van der Waals surface area contributed by atoms with Crippen LogP contribution < -0.4 is 0 Å². The lowest BCUT2D eigenvalue weighted by molar-refractivity contribution is -0.00404. The van der Waals surface area contributed by atoms with Crippen LogP contribution in [0.1, 0.15) is 66.9 Å². The third-order valence-corrected chi connectivity index (χ3v) is 6.12. The van der Waals surface area contributed by atoms with E-state index in [2.05, 4.69) is 15.2 Å². The van der Waals surface area contributed by atoms with Gasteiger partial charge in [-0.3, -0.25) is 4.79 Å². The third kappa shape index (κ3) is 2.27. The van der Waals surface area contributed by atoms with E-state index in [-0.39, 0.29) is 11.8 Å². The molecule has 0 unspecified atom stereocenters. The van der Waals surface area contributed by atoms with E-state index < -0.39 is 5.54 Å². The van der Waals surface area contributed by atoms with E-state index in [1.54, 1.807) is 0 Å². The molecule has 1 saturated carbocycles. The van der Waals surface area contributed by atoms with E-state index in [1.165, 1.54) is 0 Å². The van der Waals surface area contributed by atoms with Crippen molar-refractivity contribution in [2.75, 3.05) is 6.54 Å². The smallest absolute Gasteiger partial charge is 0.274 e. The number of imidazole rings is 1. The second-order valence-electron chi connectivity index (χ2n) is 8.10. The van der Waals surface area contributed by atoms with Crippen molar-refractivity contribution in [2.24, 2.45) is 5.92 Å². The molecule has 2 fully saturated rings. The first-order valence-corrected chi connectivity index (χ1v) is 9.60. The predicted molar refractivity (Wildman–Crippen MR) is 98.4 cm³/mol. The maximum Gasteiger partial charge on any atom is 0.274 e. The standard InChI is InChI=1S/C20H23N5O2/c1-12(2)17-22-23-19(27-17)20-7-4-14(20)6-9-25(20)18(26)15-11-24-8-5-13(3)10-16(24)21-15/h5,8,10-12,14H,4,6-7,9H2,1-3H3/t14-,20-/m0/s1. The quantitative estimate of drug-likeness (QED) is 0.712. The number of aryl methyl sites for hydroxylation is 1. The average molecular weight is 365 g/mol. The first-order chi connectivity index (χ1) is 13.0. The van der Waals surface area contributed by atoms with Crippen LogP contribution in [-0.2, 0) is 5.54 Å². The first kappa shape index (κ1) is 16.5. The minimum absolute atomic E-state index is 0.0529. The fourth-order valence-electron chi connectivity index (χ4n) is 4.49. The van der Waals surface area contributed by atoms with E-state index >= 15 is 0 Å². The number of nitrogens with zero attached hydrogens (tertiary/aromatic N) is 5. The number of amides is 1. The van der Waals surface area contributed by atoms with Crippen LogP contribution in [0.4, 0.5) is 0 Å². The fraction of sp³-hybridized carbons (Fsp3) is 0.500. The normalized spacial score (nSPS) is 24.4. The summed E-state index contributed by atoms with van der Waals surface area (Å²) in [4.78, 5) is 19.9. The second kappa shape index (κ2) is 5.65. The van der Waals surface area contributed by atoms with Crippen molar-refractivity contribution >= 4 is 11.6 Å². The van der Waals surface area contributed by atoms with Gasteiger partial charge >= 0.3 is 0 Å². The van der Waals surface area contributed by atoms with Crippen LogP contribution in [0.5, 0.6) is 0 Å². The molecule has 7 nitrogen and oxygen atoms in total. The fourth-order valence-corrected chi connectivity index (χ4v) is 4.49. The van der Waals surface area contributed by atoms with E-state index in [0.717, 1.165) is 30.5 Å². The van der Waals surface area contributed by atoms with Gasteiger partial charge in [0, 0.05) is 24.9 Å². The van der Waals surface area contributed by atoms with Crippen molar-refractivity contribution in [1.82, 2.24) is 24.5 Å². The van der Waals surface area contributed by atoms with Crippen LogP contribution >= 0.6 is 0 Å². The summed E-state index contributed by atoms with van der Waals surface area (Å²) in [6, 6.07) is 3.99. The van der Waals surface area contributed by atoms with Crippen molar-refractivity contribution in [3.8, 4) is 0 Å². The van der Waals surface area contributed by atoms with Gasteiger partial charge in [0.15, 0.2) is 0 Å². The van der Waals surface area contributed by atoms with Gasteiger partial charge < -0.3 is 13.7 Å². The number of fused-ring (bicyclic) bond motifs is 2. The lowest BCUT2D eigenvalue weighted by atomic mass is 9.67. The highest BCUT2D eigenvalue weighted by Gasteiger charge is 2.61. The molecular formula is C20H23N5O2. The molecule has 3 aromatic heterocycles. The van der Waals surface area contributed by atoms with Gasteiger partial charge in [-0.15, -0.1) is 10.2 Å². The Balaban J connectivity index is 1.53. The molecule has 27 heavy (non-hydrogen) atoms. The Morgan fingerprint density at radius 2 is 2.19 bits per heavy atom. The molecule has 2 aliphatic rings. The zero-order valence-electron chi connectivity index (χ0n) is 15.8. The van der Waals surface area contributed by atoms with E-state index in [4.69, 9.17) is 4.42 Å². The zero-order chi connectivity index (χ0) is 18.8. The third-order valence-electron chi connectivity index (χ3n) is 6.12. The molecule has 0 radical (unpaired) electrons. The van der Waals surface area contributed by atoms with Crippen molar-refractivity contribution < 1.29 is 9.21 Å². The largest absolute Gasteiger partial charge is 0.422 e. The number of aromatic nitrogens is 4. The van der Waals surface area contributed by atoms with E-state index in [9.17, 15) is 4.79 Å². The summed E-state index contributed by atoms with van der Waals surface area (Å²) in [5.74, 6) is 1.73. The summed E-state index contributed by atoms with van der Waals surface area (Å²) < 4.78 is 7.90. The second-order valence-corrected chi connectivity index (χ2v) is 8.10. The van der Waals surface area contributed by atoms with Gasteiger partial charge in [-0.2, -0.15) is 0 Å². The number of carbonyl (C=O) groups excluding carboxylic acids is 1. The van der Waals surface area contributed by atoms with Crippen molar-refractivity contribution in [1.29, 1.82) is 0 Å². The van der Waals surface area contributed by atoms with Crippen molar-refractivity contribution in [2.45, 2.75) is 51.5 Å². The van der Waals surface area contributed by atoms with Crippen LogP contribution in [0.2, 0.25) is 0 Å². The molecule has 0 N–H and O–H groups in total. The molecule has 1 amide bonds. The number of likely N-dealkylation sites (tertiary alicyclic amines) is 1. The molecule has 5 rings (SSSR count). The van der Waals surface area contributed by atoms with Gasteiger partial charge in [-0.05, 0) is 49.8 Å². The lowest BCUT2D eigenvalue weighted by Crippen LogP contribution is -2.54. The van der Waals surface area contributed by atoms with Gasteiger partial charge in [0.1, 0.15) is 16.9 Å². The minimum atomic E-state index is -0.455. The highest BCUT2D eigenvalue weighted by molar-refractivity contribution is 5.94. The Morgan fingerprint density at radius 3 is 2.89 bits per heavy atom. The molecule has 1 aliphatic carbocycles. The minimum Gasteiger partial charge on any atom is -0.422 e. The van der Waals surface area contributed by atoms with Gasteiger partial charge in [-0.1, -0.05) is 13.8 Å². The van der Waals surface area contributed by atoms with Crippen LogP contribution in [0.15, 0.2) is 28.9 Å². The molecule has 1 aliphatic heterocycles. The monoisotopic (exact) mass is 365 g/mol. The molecule has 2 atom stereocenters. The molecule has 0 spiro atoms. The molecule has 1 saturated heterocycles.